The van der Waals surface area contributed by atoms with Crippen LogP contribution >= 0.6 is 12.6 Å². The smallest absolute Gasteiger partial charge is 0.173 e. The van der Waals surface area contributed by atoms with Crippen LogP contribution in [0.15, 0.2) is 0 Å². The lowest BCUT2D eigenvalue weighted by Crippen LogP contribution is -2.51. The molecule has 0 aromatic carbocycles. The highest BCUT2D eigenvalue weighted by Crippen LogP contribution is 2.66. The average Bonchev–Trinajstić information content (AvgIpc) is 2.89. The Hall–Kier alpha value is 0.0200. The third-order valence-corrected chi connectivity index (χ3v) is 8.36. The van der Waals surface area contributed by atoms with Crippen molar-refractivity contribution in [1.82, 2.24) is 0 Å². The molecular weight excluding hydrogens is 288 g/mol. The predicted octanol–water partition coefficient (Wildman–Crippen LogP) is 5.92. The number of hydrogen-bond donors (Lipinski definition) is 1. The molecule has 0 heterocycles. The van der Waals surface area contributed by atoms with E-state index in [0.29, 0.717) is 5.62 Å². The first-order valence-electron chi connectivity index (χ1n) is 9.63. The molecule has 4 saturated carbocycles. The maximum atomic E-state index is 8.67. The van der Waals surface area contributed by atoms with Gasteiger partial charge in [0.1, 0.15) is 0 Å². The highest BCUT2D eigenvalue weighted by Gasteiger charge is 2.56. The SMILES string of the molecule is C[C@@]12CCC[C@H]1[C@@H]1CC[C@H]3CCCC[C@]3(C)[C@H]1CC2.O=CS. The van der Waals surface area contributed by atoms with E-state index in [0.717, 1.165) is 34.5 Å². The van der Waals surface area contributed by atoms with E-state index in [1.54, 1.807) is 51.4 Å². The fourth-order valence-electron chi connectivity index (χ4n) is 7.29. The van der Waals surface area contributed by atoms with Crippen LogP contribution in [-0.4, -0.2) is 5.62 Å². The first-order valence-corrected chi connectivity index (χ1v) is 10.1. The molecule has 0 saturated heterocycles. The van der Waals surface area contributed by atoms with Gasteiger partial charge in [-0.3, -0.25) is 4.79 Å². The highest BCUT2D eigenvalue weighted by atomic mass is 32.1. The Bertz CT molecular complexity index is 409. The molecule has 2 heteroatoms. The van der Waals surface area contributed by atoms with E-state index in [-0.39, 0.29) is 0 Å². The van der Waals surface area contributed by atoms with Crippen LogP contribution in [0, 0.1) is 34.5 Å². The molecule has 126 valence electrons. The maximum Gasteiger partial charge on any atom is 0.173 e. The van der Waals surface area contributed by atoms with Gasteiger partial charge in [-0.15, -0.1) is 12.6 Å². The number of thiol groups is 1. The molecule has 0 spiro atoms. The van der Waals surface area contributed by atoms with Crippen LogP contribution in [-0.2, 0) is 4.79 Å². The minimum atomic E-state index is 0.444. The molecule has 0 amide bonds. The van der Waals surface area contributed by atoms with Crippen molar-refractivity contribution in [2.24, 2.45) is 34.5 Å². The molecule has 4 rings (SSSR count). The zero-order valence-corrected chi connectivity index (χ0v) is 15.4. The second-order valence-corrected chi connectivity index (χ2v) is 9.30. The lowest BCUT2D eigenvalue weighted by Gasteiger charge is -2.60. The Labute approximate surface area is 142 Å². The minimum absolute atomic E-state index is 0.444. The zero-order chi connectivity index (χ0) is 15.8. The van der Waals surface area contributed by atoms with Crippen molar-refractivity contribution in [3.63, 3.8) is 0 Å². The van der Waals surface area contributed by atoms with Crippen LogP contribution < -0.4 is 0 Å². The third-order valence-electron chi connectivity index (χ3n) is 8.36. The summed E-state index contributed by atoms with van der Waals surface area (Å²) in [4.78, 5) is 8.67. The first kappa shape index (κ1) is 16.9. The van der Waals surface area contributed by atoms with Crippen molar-refractivity contribution >= 4 is 18.2 Å². The van der Waals surface area contributed by atoms with Gasteiger partial charge in [-0.25, -0.2) is 0 Å². The van der Waals surface area contributed by atoms with Gasteiger partial charge in [-0.1, -0.05) is 33.1 Å². The van der Waals surface area contributed by atoms with E-state index < -0.39 is 0 Å². The molecule has 22 heavy (non-hydrogen) atoms. The Morgan fingerprint density at radius 1 is 0.864 bits per heavy atom. The summed E-state index contributed by atoms with van der Waals surface area (Å²) >= 11 is 3.11. The molecule has 6 atom stereocenters. The molecule has 4 aliphatic rings. The number of hydrogen-bond acceptors (Lipinski definition) is 1. The number of rotatable bonds is 0. The summed E-state index contributed by atoms with van der Waals surface area (Å²) in [7, 11) is 0. The summed E-state index contributed by atoms with van der Waals surface area (Å²) < 4.78 is 0. The normalized spacial score (nSPS) is 50.0. The third kappa shape index (κ3) is 2.68. The molecule has 0 bridgehead atoms. The van der Waals surface area contributed by atoms with Crippen molar-refractivity contribution in [3.05, 3.63) is 0 Å². The van der Waals surface area contributed by atoms with E-state index in [1.807, 2.05) is 0 Å². The minimum Gasteiger partial charge on any atom is -0.291 e. The highest BCUT2D eigenvalue weighted by molar-refractivity contribution is 7.94. The van der Waals surface area contributed by atoms with E-state index >= 15 is 0 Å². The van der Waals surface area contributed by atoms with E-state index in [4.69, 9.17) is 4.79 Å². The van der Waals surface area contributed by atoms with Crippen LogP contribution in [0.1, 0.15) is 84.5 Å². The second-order valence-electron chi connectivity index (χ2n) is 9.09. The zero-order valence-electron chi connectivity index (χ0n) is 14.5. The van der Waals surface area contributed by atoms with Crippen molar-refractivity contribution in [2.75, 3.05) is 0 Å². The molecule has 1 nitrogen and oxygen atoms in total. The Morgan fingerprint density at radius 3 is 2.41 bits per heavy atom. The lowest BCUT2D eigenvalue weighted by molar-refractivity contribution is -0.103. The maximum absolute atomic E-state index is 8.67. The van der Waals surface area contributed by atoms with Gasteiger partial charge in [0.25, 0.3) is 0 Å². The largest absolute Gasteiger partial charge is 0.291 e. The van der Waals surface area contributed by atoms with Crippen molar-refractivity contribution in [2.45, 2.75) is 84.5 Å². The summed E-state index contributed by atoms with van der Waals surface area (Å²) in [6.07, 6.45) is 17.1. The van der Waals surface area contributed by atoms with Crippen molar-refractivity contribution in [1.29, 1.82) is 0 Å². The van der Waals surface area contributed by atoms with E-state index in [9.17, 15) is 0 Å². The van der Waals surface area contributed by atoms with Crippen LogP contribution in [0.25, 0.3) is 0 Å². The molecule has 0 aromatic rings. The van der Waals surface area contributed by atoms with Gasteiger partial charge < -0.3 is 0 Å². The van der Waals surface area contributed by atoms with Gasteiger partial charge in [0.2, 0.25) is 0 Å². The van der Waals surface area contributed by atoms with Crippen LogP contribution in [0.3, 0.4) is 0 Å². The van der Waals surface area contributed by atoms with Gasteiger partial charge in [0, 0.05) is 0 Å². The monoisotopic (exact) mass is 322 g/mol. The Morgan fingerprint density at radius 2 is 1.64 bits per heavy atom. The van der Waals surface area contributed by atoms with E-state index in [2.05, 4.69) is 26.5 Å². The fourth-order valence-corrected chi connectivity index (χ4v) is 7.29. The predicted molar refractivity (Wildman–Crippen MR) is 96.7 cm³/mol. The molecule has 4 fully saturated rings. The van der Waals surface area contributed by atoms with Crippen LogP contribution in [0.5, 0.6) is 0 Å². The number of carbonyl (C=O) groups excluding carboxylic acids is 1. The molecule has 0 aromatic heterocycles. The first-order chi connectivity index (χ1) is 10.5. The van der Waals surface area contributed by atoms with Crippen LogP contribution in [0.4, 0.5) is 0 Å². The summed E-state index contributed by atoms with van der Waals surface area (Å²) in [5.74, 6) is 4.41. The molecular formula is C20H34OS. The molecule has 0 radical (unpaired) electrons. The fraction of sp³-hybridized carbons (Fsp3) is 0.950. The standard InChI is InChI=1S/C19H32.CH2OS/c1-18-11-5-7-16(18)15-9-8-14-6-3-4-12-19(14,2)17(15)10-13-18;2-1-3/h14-17H,3-13H2,1-2H3;1H,(H,2,3)/t14-,15+,16+,17+,18+,19+;/m1./s1. The van der Waals surface area contributed by atoms with Crippen LogP contribution in [0.2, 0.25) is 0 Å². The van der Waals surface area contributed by atoms with Crippen molar-refractivity contribution in [3.8, 4) is 0 Å². The second kappa shape index (κ2) is 6.49. The summed E-state index contributed by atoms with van der Waals surface area (Å²) in [5, 5.41) is 0. The summed E-state index contributed by atoms with van der Waals surface area (Å²) in [6.45, 7) is 5.33. The summed E-state index contributed by atoms with van der Waals surface area (Å²) in [6, 6.07) is 0. The van der Waals surface area contributed by atoms with Gasteiger partial charge in [-0.05, 0) is 85.9 Å². The van der Waals surface area contributed by atoms with Gasteiger partial charge >= 0.3 is 0 Å². The van der Waals surface area contributed by atoms with E-state index in [1.165, 1.54) is 19.3 Å². The number of carbonyl (C=O) groups is 1. The van der Waals surface area contributed by atoms with Gasteiger partial charge in [0.15, 0.2) is 5.62 Å². The average molecular weight is 323 g/mol. The molecule has 0 N–H and O–H groups in total. The lowest BCUT2D eigenvalue weighted by atomic mass is 9.45. The quantitative estimate of drug-likeness (QED) is 0.433. The topological polar surface area (TPSA) is 17.1 Å². The molecule has 4 aliphatic carbocycles. The van der Waals surface area contributed by atoms with Gasteiger partial charge in [0.05, 0.1) is 0 Å². The van der Waals surface area contributed by atoms with Gasteiger partial charge in [-0.2, -0.15) is 0 Å². The molecule has 0 unspecified atom stereocenters. The summed E-state index contributed by atoms with van der Waals surface area (Å²) in [5.41, 5.74) is 1.93. The molecule has 0 aliphatic heterocycles. The Kier molecular flexibility index (Phi) is 4.98. The van der Waals surface area contributed by atoms with Crippen molar-refractivity contribution < 1.29 is 4.79 Å². The number of fused-ring (bicyclic) bond motifs is 5. The Balaban J connectivity index is 0.000000446.